The van der Waals surface area contributed by atoms with Crippen LogP contribution in [0, 0.1) is 17.8 Å². The standard InChI is InChI=1S/C33H33NO6/c35-28(27(22-10-4-1-5-11-22)34-30(36)23-12-6-2-7-13-23)32(38)40-33-18-21-16-25(19-33)29(26(17-21)20-33)39-31(37)24-14-8-3-9-15-24/h1-15,21,25-29,35H,16-20H2,(H,34,36)/t21?,25?,26?,27-,28+,29?,33?/m0/s1. The smallest absolute Gasteiger partial charge is 0.338 e. The first-order chi connectivity index (χ1) is 19.4. The van der Waals surface area contributed by atoms with Gasteiger partial charge in [0.2, 0.25) is 0 Å². The van der Waals surface area contributed by atoms with Gasteiger partial charge in [-0.2, -0.15) is 0 Å². The Bertz CT molecular complexity index is 1350. The van der Waals surface area contributed by atoms with Gasteiger partial charge in [0.15, 0.2) is 6.10 Å². The molecule has 4 fully saturated rings. The SMILES string of the molecule is O=C(N[C@@H](c1ccccc1)[C@@H](O)C(=O)OC12CC3CC(C1)C(OC(=O)c1ccccc1)C(C3)C2)c1ccccc1. The number of esters is 2. The summed E-state index contributed by atoms with van der Waals surface area (Å²) in [5.74, 6) is -0.865. The molecule has 4 aliphatic rings. The third-order valence-corrected chi connectivity index (χ3v) is 8.74. The molecule has 7 rings (SSSR count). The highest BCUT2D eigenvalue weighted by molar-refractivity contribution is 5.95. The van der Waals surface area contributed by atoms with Crippen LogP contribution in [-0.4, -0.2) is 40.8 Å². The van der Waals surface area contributed by atoms with Crippen molar-refractivity contribution in [1.82, 2.24) is 5.32 Å². The number of carbonyl (C=O) groups is 3. The molecule has 0 spiro atoms. The number of aliphatic hydroxyl groups excluding tert-OH is 1. The van der Waals surface area contributed by atoms with Crippen molar-refractivity contribution in [1.29, 1.82) is 0 Å². The van der Waals surface area contributed by atoms with Crippen molar-refractivity contribution < 1.29 is 29.0 Å². The van der Waals surface area contributed by atoms with Crippen LogP contribution in [0.2, 0.25) is 0 Å². The molecule has 2 unspecified atom stereocenters. The average Bonchev–Trinajstić information content (AvgIpc) is 2.98. The number of aliphatic hydroxyl groups is 1. The summed E-state index contributed by atoms with van der Waals surface area (Å²) in [5, 5.41) is 14.1. The minimum atomic E-state index is -1.59. The average molecular weight is 540 g/mol. The Balaban J connectivity index is 1.16. The molecule has 4 aliphatic carbocycles. The van der Waals surface area contributed by atoms with Crippen LogP contribution in [0.4, 0.5) is 0 Å². The molecule has 3 aromatic rings. The van der Waals surface area contributed by atoms with Crippen molar-refractivity contribution in [2.75, 3.05) is 0 Å². The molecule has 206 valence electrons. The first-order valence-electron chi connectivity index (χ1n) is 14.0. The number of hydrogen-bond acceptors (Lipinski definition) is 6. The van der Waals surface area contributed by atoms with E-state index in [1.807, 2.05) is 30.3 Å². The lowest BCUT2D eigenvalue weighted by Gasteiger charge is -2.58. The van der Waals surface area contributed by atoms with Gasteiger partial charge in [0.25, 0.3) is 5.91 Å². The molecular formula is C33H33NO6. The van der Waals surface area contributed by atoms with E-state index >= 15 is 0 Å². The molecule has 7 heteroatoms. The Morgan fingerprint density at radius 2 is 1.32 bits per heavy atom. The van der Waals surface area contributed by atoms with Gasteiger partial charge in [-0.15, -0.1) is 0 Å². The van der Waals surface area contributed by atoms with Gasteiger partial charge in [-0.05, 0) is 67.9 Å². The maximum Gasteiger partial charge on any atom is 0.338 e. The fraction of sp³-hybridized carbons (Fsp3) is 0.364. The fourth-order valence-electron chi connectivity index (χ4n) is 7.22. The summed E-state index contributed by atoms with van der Waals surface area (Å²) < 4.78 is 12.2. The number of amides is 1. The minimum absolute atomic E-state index is 0.103. The normalized spacial score (nSPS) is 27.8. The predicted octanol–water partition coefficient (Wildman–Crippen LogP) is 4.87. The summed E-state index contributed by atoms with van der Waals surface area (Å²) in [4.78, 5) is 39.3. The Labute approximate surface area is 233 Å². The first kappa shape index (κ1) is 26.3. The van der Waals surface area contributed by atoms with E-state index < -0.39 is 23.7 Å². The van der Waals surface area contributed by atoms with E-state index in [1.54, 1.807) is 60.7 Å². The van der Waals surface area contributed by atoms with Gasteiger partial charge in [0.05, 0.1) is 11.6 Å². The van der Waals surface area contributed by atoms with Crippen LogP contribution >= 0.6 is 0 Å². The maximum atomic E-state index is 13.5. The molecule has 0 aromatic heterocycles. The molecular weight excluding hydrogens is 506 g/mol. The number of benzene rings is 3. The lowest BCUT2D eigenvalue weighted by atomic mass is 9.53. The number of rotatable bonds is 8. The second kappa shape index (κ2) is 10.9. The largest absolute Gasteiger partial charge is 0.458 e. The number of carbonyl (C=O) groups excluding carboxylic acids is 3. The van der Waals surface area contributed by atoms with Crippen LogP contribution < -0.4 is 5.32 Å². The van der Waals surface area contributed by atoms with Gasteiger partial charge < -0.3 is 19.9 Å². The van der Waals surface area contributed by atoms with Crippen LogP contribution in [-0.2, 0) is 14.3 Å². The molecule has 2 N–H and O–H groups in total. The van der Waals surface area contributed by atoms with E-state index in [0.29, 0.717) is 35.4 Å². The highest BCUT2D eigenvalue weighted by Gasteiger charge is 2.59. The second-order valence-electron chi connectivity index (χ2n) is 11.5. The second-order valence-corrected chi connectivity index (χ2v) is 11.5. The van der Waals surface area contributed by atoms with Crippen molar-refractivity contribution in [2.45, 2.75) is 56.0 Å². The molecule has 4 saturated carbocycles. The molecule has 1 amide bonds. The van der Waals surface area contributed by atoms with Crippen LogP contribution in [0.5, 0.6) is 0 Å². The zero-order chi connectivity index (χ0) is 27.7. The van der Waals surface area contributed by atoms with E-state index in [-0.39, 0.29) is 29.8 Å². The quantitative estimate of drug-likeness (QED) is 0.396. The lowest BCUT2D eigenvalue weighted by Crippen LogP contribution is -2.60. The first-order valence-corrected chi connectivity index (χ1v) is 14.0. The van der Waals surface area contributed by atoms with Gasteiger partial charge in [0.1, 0.15) is 11.7 Å². The van der Waals surface area contributed by atoms with Crippen molar-refractivity contribution in [3.63, 3.8) is 0 Å². The van der Waals surface area contributed by atoms with Crippen molar-refractivity contribution >= 4 is 17.8 Å². The molecule has 4 atom stereocenters. The summed E-state index contributed by atoms with van der Waals surface area (Å²) in [5.41, 5.74) is 0.871. The Hall–Kier alpha value is -3.97. The van der Waals surface area contributed by atoms with Gasteiger partial charge in [-0.25, -0.2) is 9.59 Å². The highest BCUT2D eigenvalue weighted by Crippen LogP contribution is 2.58. The summed E-state index contributed by atoms with van der Waals surface area (Å²) in [7, 11) is 0. The van der Waals surface area contributed by atoms with E-state index in [2.05, 4.69) is 5.32 Å². The van der Waals surface area contributed by atoms with E-state index in [1.165, 1.54) is 0 Å². The molecule has 0 saturated heterocycles. The number of ether oxygens (including phenoxy) is 2. The number of hydrogen-bond donors (Lipinski definition) is 2. The Morgan fingerprint density at radius 1 is 0.775 bits per heavy atom. The fourth-order valence-corrected chi connectivity index (χ4v) is 7.22. The van der Waals surface area contributed by atoms with Gasteiger partial charge in [-0.3, -0.25) is 4.79 Å². The van der Waals surface area contributed by atoms with Crippen LogP contribution in [0.15, 0.2) is 91.0 Å². The molecule has 0 radical (unpaired) electrons. The van der Waals surface area contributed by atoms with Crippen molar-refractivity contribution in [2.24, 2.45) is 17.8 Å². The van der Waals surface area contributed by atoms with Crippen molar-refractivity contribution in [3.8, 4) is 0 Å². The lowest BCUT2D eigenvalue weighted by molar-refractivity contribution is -0.213. The zero-order valence-corrected chi connectivity index (χ0v) is 22.1. The monoisotopic (exact) mass is 539 g/mol. The Kier molecular flexibility index (Phi) is 7.15. The van der Waals surface area contributed by atoms with Gasteiger partial charge in [0, 0.05) is 17.4 Å². The van der Waals surface area contributed by atoms with E-state index in [9.17, 15) is 19.5 Å². The molecule has 0 aliphatic heterocycles. The molecule has 0 heterocycles. The number of nitrogens with one attached hydrogen (secondary N) is 1. The summed E-state index contributed by atoms with van der Waals surface area (Å²) in [6.07, 6.45) is 2.01. The van der Waals surface area contributed by atoms with E-state index in [0.717, 1.165) is 19.3 Å². The summed E-state index contributed by atoms with van der Waals surface area (Å²) in [6.45, 7) is 0. The molecule has 7 nitrogen and oxygen atoms in total. The molecule has 40 heavy (non-hydrogen) atoms. The van der Waals surface area contributed by atoms with E-state index in [4.69, 9.17) is 9.47 Å². The van der Waals surface area contributed by atoms with Crippen LogP contribution in [0.3, 0.4) is 0 Å². The zero-order valence-electron chi connectivity index (χ0n) is 22.1. The predicted molar refractivity (Wildman–Crippen MR) is 147 cm³/mol. The molecule has 3 aromatic carbocycles. The van der Waals surface area contributed by atoms with Crippen LogP contribution in [0.1, 0.15) is 64.4 Å². The third kappa shape index (κ3) is 5.26. The maximum absolute atomic E-state index is 13.5. The Morgan fingerprint density at radius 3 is 1.93 bits per heavy atom. The van der Waals surface area contributed by atoms with Crippen LogP contribution in [0.25, 0.3) is 0 Å². The van der Waals surface area contributed by atoms with Gasteiger partial charge in [-0.1, -0.05) is 66.7 Å². The van der Waals surface area contributed by atoms with Crippen molar-refractivity contribution in [3.05, 3.63) is 108 Å². The summed E-state index contributed by atoms with van der Waals surface area (Å²) in [6, 6.07) is 25.7. The minimum Gasteiger partial charge on any atom is -0.458 e. The summed E-state index contributed by atoms with van der Waals surface area (Å²) >= 11 is 0. The highest BCUT2D eigenvalue weighted by atomic mass is 16.6. The topological polar surface area (TPSA) is 102 Å². The van der Waals surface area contributed by atoms with Gasteiger partial charge >= 0.3 is 11.9 Å². The molecule has 4 bridgehead atoms. The third-order valence-electron chi connectivity index (χ3n) is 8.74.